The maximum Gasteiger partial charge on any atom is 0.237 e. The summed E-state index contributed by atoms with van der Waals surface area (Å²) < 4.78 is 15.9. The molecule has 4 aromatic rings. The Balaban J connectivity index is 0.000000221. The Morgan fingerprint density at radius 2 is 1.00 bits per heavy atom. The minimum atomic E-state index is -0.652. The van der Waals surface area contributed by atoms with Crippen LogP contribution < -0.4 is 9.47 Å². The number of aryl methyl sites for hydroxylation is 6. The van der Waals surface area contributed by atoms with Crippen LogP contribution in [0.25, 0.3) is 22.5 Å². The highest BCUT2D eigenvalue weighted by Crippen LogP contribution is 2.35. The molecule has 2 saturated heterocycles. The van der Waals surface area contributed by atoms with E-state index in [1.54, 1.807) is 4.68 Å². The molecule has 58 heavy (non-hydrogen) atoms. The van der Waals surface area contributed by atoms with Crippen molar-refractivity contribution >= 4 is 18.1 Å². The normalized spacial score (nSPS) is 14.4. The number of hydrogen-bond acceptors (Lipinski definition) is 7. The van der Waals surface area contributed by atoms with Crippen molar-refractivity contribution in [1.82, 2.24) is 29.4 Å². The quantitative estimate of drug-likeness (QED) is 0.119. The molecule has 11 nitrogen and oxygen atoms in total. The maximum atomic E-state index is 12.9. The Labute approximate surface area is 346 Å². The number of rotatable bonds is 14. The first kappa shape index (κ1) is 44.2. The Morgan fingerprint density at radius 1 is 0.638 bits per heavy atom. The van der Waals surface area contributed by atoms with E-state index < -0.39 is 10.8 Å². The van der Waals surface area contributed by atoms with Crippen molar-refractivity contribution in [3.8, 4) is 34.3 Å². The molecule has 314 valence electrons. The molecule has 0 saturated carbocycles. The summed E-state index contributed by atoms with van der Waals surface area (Å²) in [6.07, 6.45) is 7.31. The molecule has 2 aromatic heterocycles. The number of hydrogen-bond donors (Lipinski definition) is 0. The van der Waals surface area contributed by atoms with Gasteiger partial charge in [-0.2, -0.15) is 0 Å². The SMILES string of the molecule is CCCc1c(OCC(C)(C)C(=O)N2CCCC2)nn(C)c1-c1cc(C)cc(C)c1.Cc1cc(C)cc(-c2c(CC=O)c(OCC(C)(C)C(=O)N3CCCC3)nn2C)c1. The van der Waals surface area contributed by atoms with Gasteiger partial charge in [-0.25, -0.2) is 0 Å². The van der Waals surface area contributed by atoms with Gasteiger partial charge in [0.25, 0.3) is 0 Å². The van der Waals surface area contributed by atoms with Gasteiger partial charge < -0.3 is 24.1 Å². The molecule has 0 radical (unpaired) electrons. The fourth-order valence-electron chi connectivity index (χ4n) is 8.32. The van der Waals surface area contributed by atoms with Crippen LogP contribution in [-0.2, 0) is 41.3 Å². The van der Waals surface area contributed by atoms with Crippen LogP contribution in [0.3, 0.4) is 0 Å². The lowest BCUT2D eigenvalue weighted by Crippen LogP contribution is -2.42. The molecule has 4 heterocycles. The van der Waals surface area contributed by atoms with Gasteiger partial charge in [0.2, 0.25) is 23.6 Å². The molecule has 6 rings (SSSR count). The number of carbonyl (C=O) groups excluding carboxylic acids is 3. The number of carbonyl (C=O) groups is 3. The average molecular weight is 795 g/mol. The minimum absolute atomic E-state index is 0.109. The molecule has 0 unspecified atom stereocenters. The molecule has 2 fully saturated rings. The van der Waals surface area contributed by atoms with E-state index in [-0.39, 0.29) is 24.8 Å². The predicted octanol–water partition coefficient (Wildman–Crippen LogP) is 8.16. The largest absolute Gasteiger partial charge is 0.475 e. The number of nitrogens with zero attached hydrogens (tertiary/aromatic N) is 6. The second-order valence-corrected chi connectivity index (χ2v) is 17.7. The molecule has 0 aliphatic carbocycles. The van der Waals surface area contributed by atoms with E-state index in [4.69, 9.17) is 14.6 Å². The first-order chi connectivity index (χ1) is 27.4. The van der Waals surface area contributed by atoms with Crippen molar-refractivity contribution in [3.05, 3.63) is 69.8 Å². The standard InChI is InChI=1S/C24H35N3O2.C23H31N3O3/c1-7-10-20-21(19-14-17(2)13-18(3)15-19)26(6)25-22(20)29-16-24(4,5)23(28)27-11-8-9-12-27;1-16-12-17(2)14-18(13-16)20-19(8-11-27)21(24-25(20)5)29-15-23(3,4)22(28)26-9-6-7-10-26/h13-15H,7-12,16H2,1-6H3;11-14H,6-10,15H2,1-5H3. The van der Waals surface area contributed by atoms with Gasteiger partial charge in [0.1, 0.15) is 19.5 Å². The summed E-state index contributed by atoms with van der Waals surface area (Å²) >= 11 is 0. The number of amides is 2. The number of aromatic nitrogens is 4. The molecule has 11 heteroatoms. The van der Waals surface area contributed by atoms with Gasteiger partial charge in [-0.1, -0.05) is 47.7 Å². The lowest BCUT2D eigenvalue weighted by atomic mass is 9.93. The van der Waals surface area contributed by atoms with Gasteiger partial charge in [-0.15, -0.1) is 10.2 Å². The van der Waals surface area contributed by atoms with E-state index in [1.165, 1.54) is 16.7 Å². The Hall–Kier alpha value is -4.93. The van der Waals surface area contributed by atoms with Gasteiger partial charge in [0.15, 0.2) is 0 Å². The monoisotopic (exact) mass is 795 g/mol. The van der Waals surface area contributed by atoms with Crippen LogP contribution in [0.15, 0.2) is 36.4 Å². The fraction of sp³-hybridized carbons (Fsp3) is 0.553. The average Bonchev–Trinajstić information content (AvgIpc) is 3.97. The fourth-order valence-corrected chi connectivity index (χ4v) is 8.32. The van der Waals surface area contributed by atoms with Crippen molar-refractivity contribution < 1.29 is 23.9 Å². The Kier molecular flexibility index (Phi) is 14.3. The van der Waals surface area contributed by atoms with Crippen LogP contribution >= 0.6 is 0 Å². The highest BCUT2D eigenvalue weighted by molar-refractivity contribution is 5.83. The molecule has 0 atom stereocenters. The third-order valence-corrected chi connectivity index (χ3v) is 11.1. The highest BCUT2D eigenvalue weighted by atomic mass is 16.5. The van der Waals surface area contributed by atoms with E-state index in [2.05, 4.69) is 76.1 Å². The Morgan fingerprint density at radius 3 is 1.36 bits per heavy atom. The van der Waals surface area contributed by atoms with Crippen LogP contribution in [0.4, 0.5) is 0 Å². The van der Waals surface area contributed by atoms with E-state index >= 15 is 0 Å². The summed E-state index contributed by atoms with van der Waals surface area (Å²) in [5, 5.41) is 9.23. The smallest absolute Gasteiger partial charge is 0.237 e. The molecule has 0 spiro atoms. The zero-order chi connectivity index (χ0) is 42.4. The van der Waals surface area contributed by atoms with Gasteiger partial charge >= 0.3 is 0 Å². The maximum absolute atomic E-state index is 12.9. The number of ether oxygens (including phenoxy) is 2. The van der Waals surface area contributed by atoms with Crippen molar-refractivity contribution in [2.24, 2.45) is 24.9 Å². The van der Waals surface area contributed by atoms with E-state index in [9.17, 15) is 14.4 Å². The predicted molar refractivity (Wildman–Crippen MR) is 230 cm³/mol. The van der Waals surface area contributed by atoms with Crippen LogP contribution in [-0.4, -0.2) is 86.9 Å². The second-order valence-electron chi connectivity index (χ2n) is 17.7. The second kappa shape index (κ2) is 18.8. The van der Waals surface area contributed by atoms with Crippen molar-refractivity contribution in [2.75, 3.05) is 39.4 Å². The van der Waals surface area contributed by atoms with E-state index in [0.29, 0.717) is 18.4 Å². The first-order valence-electron chi connectivity index (χ1n) is 21.0. The molecule has 2 aliphatic heterocycles. The van der Waals surface area contributed by atoms with Gasteiger partial charge in [0.05, 0.1) is 22.2 Å². The van der Waals surface area contributed by atoms with Crippen molar-refractivity contribution in [3.63, 3.8) is 0 Å². The zero-order valence-electron chi connectivity index (χ0n) is 37.0. The van der Waals surface area contributed by atoms with Crippen LogP contribution in [0.5, 0.6) is 11.8 Å². The third-order valence-electron chi connectivity index (χ3n) is 11.1. The minimum Gasteiger partial charge on any atom is -0.475 e. The van der Waals surface area contributed by atoms with E-state index in [0.717, 1.165) is 110 Å². The molecular weight excluding hydrogens is 729 g/mol. The van der Waals surface area contributed by atoms with Crippen LogP contribution in [0.1, 0.15) is 100 Å². The topological polar surface area (TPSA) is 112 Å². The summed E-state index contributed by atoms with van der Waals surface area (Å²) in [6.45, 7) is 22.2. The lowest BCUT2D eigenvalue weighted by Gasteiger charge is -2.28. The molecule has 2 aliphatic rings. The van der Waals surface area contributed by atoms with Crippen molar-refractivity contribution in [1.29, 1.82) is 0 Å². The summed E-state index contributed by atoms with van der Waals surface area (Å²) in [5.74, 6) is 1.37. The van der Waals surface area contributed by atoms with Gasteiger partial charge in [-0.3, -0.25) is 19.0 Å². The summed E-state index contributed by atoms with van der Waals surface area (Å²) in [4.78, 5) is 41.0. The third kappa shape index (κ3) is 10.4. The number of aldehydes is 1. The van der Waals surface area contributed by atoms with Crippen molar-refractivity contribution in [2.45, 2.75) is 107 Å². The number of likely N-dealkylation sites (tertiary alicyclic amines) is 2. The summed E-state index contributed by atoms with van der Waals surface area (Å²) in [7, 11) is 3.83. The highest BCUT2D eigenvalue weighted by Gasteiger charge is 2.36. The zero-order valence-corrected chi connectivity index (χ0v) is 37.0. The van der Waals surface area contributed by atoms with Crippen LogP contribution in [0.2, 0.25) is 0 Å². The summed E-state index contributed by atoms with van der Waals surface area (Å²) in [5.41, 5.74) is 9.62. The molecule has 2 amide bonds. The number of benzene rings is 2. The molecule has 2 aromatic carbocycles. The molecule has 0 N–H and O–H groups in total. The van der Waals surface area contributed by atoms with E-state index in [1.807, 2.05) is 56.3 Å². The first-order valence-corrected chi connectivity index (χ1v) is 21.0. The Bertz CT molecular complexity index is 2040. The van der Waals surface area contributed by atoms with Gasteiger partial charge in [0, 0.05) is 68.9 Å². The molecular formula is C47H66N6O5. The summed E-state index contributed by atoms with van der Waals surface area (Å²) in [6, 6.07) is 12.9. The van der Waals surface area contributed by atoms with Gasteiger partial charge in [-0.05, 0) is 112 Å². The molecule has 0 bridgehead atoms. The lowest BCUT2D eigenvalue weighted by molar-refractivity contribution is -0.141. The van der Waals surface area contributed by atoms with Crippen LogP contribution in [0, 0.1) is 38.5 Å².